The molecule has 2 rings (SSSR count). The van der Waals surface area contributed by atoms with E-state index in [2.05, 4.69) is 41.6 Å². The van der Waals surface area contributed by atoms with Crippen molar-refractivity contribution in [2.24, 2.45) is 0 Å². The third-order valence-electron chi connectivity index (χ3n) is 3.22. The van der Waals surface area contributed by atoms with E-state index in [1.165, 1.54) is 4.88 Å². The summed E-state index contributed by atoms with van der Waals surface area (Å²) in [5.74, 6) is 0. The first-order valence-electron chi connectivity index (χ1n) is 6.91. The molecule has 0 aliphatic carbocycles. The maximum atomic E-state index is 5.98. The number of halogens is 1. The van der Waals surface area contributed by atoms with Crippen molar-refractivity contribution < 1.29 is 0 Å². The lowest BCUT2D eigenvalue weighted by molar-refractivity contribution is 0.223. The van der Waals surface area contributed by atoms with Crippen LogP contribution in [-0.2, 0) is 6.54 Å². The molecule has 0 saturated heterocycles. The molecule has 0 bridgehead atoms. The predicted molar refractivity (Wildman–Crippen MR) is 89.8 cm³/mol. The molecule has 0 radical (unpaired) electrons. The van der Waals surface area contributed by atoms with E-state index in [1.807, 2.05) is 35.6 Å². The summed E-state index contributed by atoms with van der Waals surface area (Å²) in [6.07, 6.45) is 0. The standard InChI is InChI=1S/C16H21ClN2S/c1-13(2)19(12-16-7-4-10-20-16)9-8-18-15-6-3-5-14(17)11-15/h3-7,10-11,13,18H,8-9,12H2,1-2H3. The maximum absolute atomic E-state index is 5.98. The van der Waals surface area contributed by atoms with Crippen LogP contribution >= 0.6 is 22.9 Å². The van der Waals surface area contributed by atoms with Crippen molar-refractivity contribution in [1.82, 2.24) is 4.90 Å². The van der Waals surface area contributed by atoms with Crippen LogP contribution in [0.25, 0.3) is 0 Å². The van der Waals surface area contributed by atoms with Gasteiger partial charge in [0, 0.05) is 41.3 Å². The van der Waals surface area contributed by atoms with E-state index in [0.717, 1.165) is 30.3 Å². The van der Waals surface area contributed by atoms with Crippen LogP contribution in [0.3, 0.4) is 0 Å². The quantitative estimate of drug-likeness (QED) is 0.796. The number of nitrogens with zero attached hydrogens (tertiary/aromatic N) is 1. The Balaban J connectivity index is 1.83. The maximum Gasteiger partial charge on any atom is 0.0426 e. The third kappa shape index (κ3) is 4.82. The van der Waals surface area contributed by atoms with Crippen LogP contribution in [0.15, 0.2) is 41.8 Å². The average Bonchev–Trinajstić information content (AvgIpc) is 2.90. The molecule has 0 fully saturated rings. The molecule has 0 aliphatic rings. The minimum atomic E-state index is 0.540. The molecule has 20 heavy (non-hydrogen) atoms. The summed E-state index contributed by atoms with van der Waals surface area (Å²) in [7, 11) is 0. The van der Waals surface area contributed by atoms with Gasteiger partial charge in [-0.1, -0.05) is 23.7 Å². The van der Waals surface area contributed by atoms with Crippen LogP contribution in [0, 0.1) is 0 Å². The number of anilines is 1. The van der Waals surface area contributed by atoms with Crippen LogP contribution in [0.5, 0.6) is 0 Å². The van der Waals surface area contributed by atoms with Gasteiger partial charge in [0.25, 0.3) is 0 Å². The average molecular weight is 309 g/mol. The lowest BCUT2D eigenvalue weighted by atomic mass is 10.3. The van der Waals surface area contributed by atoms with Crippen molar-refractivity contribution in [3.63, 3.8) is 0 Å². The highest BCUT2D eigenvalue weighted by Gasteiger charge is 2.10. The molecule has 0 amide bonds. The Morgan fingerprint density at radius 1 is 1.25 bits per heavy atom. The van der Waals surface area contributed by atoms with E-state index in [4.69, 9.17) is 11.6 Å². The molecule has 1 aromatic heterocycles. The van der Waals surface area contributed by atoms with Crippen molar-refractivity contribution in [2.45, 2.75) is 26.4 Å². The zero-order valence-corrected chi connectivity index (χ0v) is 13.5. The molecule has 0 unspecified atom stereocenters. The highest BCUT2D eigenvalue weighted by molar-refractivity contribution is 7.09. The molecular formula is C16H21ClN2S. The minimum Gasteiger partial charge on any atom is -0.384 e. The van der Waals surface area contributed by atoms with E-state index in [1.54, 1.807) is 0 Å². The molecular weight excluding hydrogens is 288 g/mol. The van der Waals surface area contributed by atoms with E-state index in [-0.39, 0.29) is 0 Å². The predicted octanol–water partition coefficient (Wildman–Crippen LogP) is 4.72. The van der Waals surface area contributed by atoms with Gasteiger partial charge in [0.1, 0.15) is 0 Å². The monoisotopic (exact) mass is 308 g/mol. The van der Waals surface area contributed by atoms with E-state index < -0.39 is 0 Å². The van der Waals surface area contributed by atoms with Crippen molar-refractivity contribution in [3.05, 3.63) is 51.7 Å². The number of thiophene rings is 1. The van der Waals surface area contributed by atoms with Gasteiger partial charge in [-0.3, -0.25) is 4.90 Å². The zero-order chi connectivity index (χ0) is 14.4. The Labute approximate surface area is 130 Å². The lowest BCUT2D eigenvalue weighted by Gasteiger charge is -2.26. The second-order valence-corrected chi connectivity index (χ2v) is 6.55. The fourth-order valence-electron chi connectivity index (χ4n) is 2.06. The van der Waals surface area contributed by atoms with E-state index in [0.29, 0.717) is 6.04 Å². The Morgan fingerprint density at radius 3 is 2.75 bits per heavy atom. The van der Waals surface area contributed by atoms with Gasteiger partial charge in [-0.15, -0.1) is 11.3 Å². The van der Waals surface area contributed by atoms with Gasteiger partial charge >= 0.3 is 0 Å². The SMILES string of the molecule is CC(C)N(CCNc1cccc(Cl)c1)Cc1cccs1. The van der Waals surface area contributed by atoms with Crippen molar-refractivity contribution in [2.75, 3.05) is 18.4 Å². The van der Waals surface area contributed by atoms with Gasteiger partial charge in [-0.05, 0) is 43.5 Å². The number of hydrogen-bond donors (Lipinski definition) is 1. The normalized spacial score (nSPS) is 11.2. The topological polar surface area (TPSA) is 15.3 Å². The number of hydrogen-bond acceptors (Lipinski definition) is 3. The van der Waals surface area contributed by atoms with Gasteiger partial charge < -0.3 is 5.32 Å². The highest BCUT2D eigenvalue weighted by atomic mass is 35.5. The summed E-state index contributed by atoms with van der Waals surface area (Å²) in [5.41, 5.74) is 1.08. The first-order valence-corrected chi connectivity index (χ1v) is 8.17. The number of benzene rings is 1. The molecule has 1 aromatic carbocycles. The molecule has 0 saturated carbocycles. The zero-order valence-electron chi connectivity index (χ0n) is 12.0. The smallest absolute Gasteiger partial charge is 0.0426 e. The van der Waals surface area contributed by atoms with Gasteiger partial charge in [0.05, 0.1) is 0 Å². The first-order chi connectivity index (χ1) is 9.65. The number of nitrogens with one attached hydrogen (secondary N) is 1. The van der Waals surface area contributed by atoms with Crippen LogP contribution < -0.4 is 5.32 Å². The van der Waals surface area contributed by atoms with Crippen LogP contribution in [0.2, 0.25) is 5.02 Å². The summed E-state index contributed by atoms with van der Waals surface area (Å²) in [4.78, 5) is 3.89. The summed E-state index contributed by atoms with van der Waals surface area (Å²) in [5, 5.41) is 6.34. The Kier molecular flexibility index (Phi) is 5.89. The third-order valence-corrected chi connectivity index (χ3v) is 4.32. The molecule has 1 N–H and O–H groups in total. The fourth-order valence-corrected chi connectivity index (χ4v) is 2.98. The molecule has 0 aliphatic heterocycles. The summed E-state index contributed by atoms with van der Waals surface area (Å²) in [6.45, 7) is 7.44. The summed E-state index contributed by atoms with van der Waals surface area (Å²) in [6, 6.07) is 12.7. The molecule has 2 nitrogen and oxygen atoms in total. The molecule has 4 heteroatoms. The van der Waals surface area contributed by atoms with Gasteiger partial charge in [0.15, 0.2) is 0 Å². The van der Waals surface area contributed by atoms with Gasteiger partial charge in [0.2, 0.25) is 0 Å². The Morgan fingerprint density at radius 2 is 2.10 bits per heavy atom. The van der Waals surface area contributed by atoms with Gasteiger partial charge in [-0.2, -0.15) is 0 Å². The summed E-state index contributed by atoms with van der Waals surface area (Å²) >= 11 is 7.80. The first kappa shape index (κ1) is 15.4. The molecule has 0 spiro atoms. The Hall–Kier alpha value is -1.03. The van der Waals surface area contributed by atoms with Crippen molar-refractivity contribution in [3.8, 4) is 0 Å². The van der Waals surface area contributed by atoms with E-state index in [9.17, 15) is 0 Å². The van der Waals surface area contributed by atoms with Crippen LogP contribution in [0.4, 0.5) is 5.69 Å². The number of rotatable bonds is 7. The molecule has 0 atom stereocenters. The summed E-state index contributed by atoms with van der Waals surface area (Å²) < 4.78 is 0. The lowest BCUT2D eigenvalue weighted by Crippen LogP contribution is -2.34. The largest absolute Gasteiger partial charge is 0.384 e. The Bertz CT molecular complexity index is 511. The molecule has 108 valence electrons. The second kappa shape index (κ2) is 7.67. The van der Waals surface area contributed by atoms with Gasteiger partial charge in [-0.25, -0.2) is 0 Å². The van der Waals surface area contributed by atoms with E-state index >= 15 is 0 Å². The second-order valence-electron chi connectivity index (χ2n) is 5.08. The van der Waals surface area contributed by atoms with Crippen molar-refractivity contribution >= 4 is 28.6 Å². The van der Waals surface area contributed by atoms with Crippen LogP contribution in [0.1, 0.15) is 18.7 Å². The van der Waals surface area contributed by atoms with Crippen LogP contribution in [-0.4, -0.2) is 24.0 Å². The minimum absolute atomic E-state index is 0.540. The van der Waals surface area contributed by atoms with Crippen molar-refractivity contribution in [1.29, 1.82) is 0 Å². The molecule has 2 aromatic rings. The fraction of sp³-hybridized carbons (Fsp3) is 0.375. The highest BCUT2D eigenvalue weighted by Crippen LogP contribution is 2.16. The molecule has 1 heterocycles.